The molecule has 0 aliphatic carbocycles. The summed E-state index contributed by atoms with van der Waals surface area (Å²) in [5.41, 5.74) is 2.77. The molecular formula is C21H32O3. The van der Waals surface area contributed by atoms with Gasteiger partial charge in [-0.1, -0.05) is 58.5 Å². The van der Waals surface area contributed by atoms with Crippen LogP contribution in [0.2, 0.25) is 0 Å². The van der Waals surface area contributed by atoms with Gasteiger partial charge in [-0.25, -0.2) is 0 Å². The minimum atomic E-state index is -0.481. The van der Waals surface area contributed by atoms with Crippen LogP contribution < -0.4 is 0 Å². The Labute approximate surface area is 147 Å². The molecule has 0 radical (unpaired) electrons. The molecular weight excluding hydrogens is 300 g/mol. The number of rotatable bonds is 8. The van der Waals surface area contributed by atoms with Crippen LogP contribution in [0.3, 0.4) is 0 Å². The number of benzene rings is 1. The van der Waals surface area contributed by atoms with E-state index in [9.17, 15) is 4.79 Å². The first-order valence-corrected chi connectivity index (χ1v) is 8.63. The number of aryl methyl sites for hydroxylation is 1. The van der Waals surface area contributed by atoms with E-state index in [0.717, 1.165) is 24.8 Å². The number of ether oxygens (including phenoxy) is 2. The predicted molar refractivity (Wildman–Crippen MR) is 98.9 cm³/mol. The fourth-order valence-electron chi connectivity index (χ4n) is 2.89. The monoisotopic (exact) mass is 332 g/mol. The van der Waals surface area contributed by atoms with E-state index >= 15 is 0 Å². The SMILES string of the molecule is C=C(OC)C(C(=O)OC)C(CC)c1ccc(CCC(C)(C)C)cc1. The van der Waals surface area contributed by atoms with Gasteiger partial charge in [-0.2, -0.15) is 0 Å². The van der Waals surface area contributed by atoms with E-state index in [-0.39, 0.29) is 11.9 Å². The average molecular weight is 332 g/mol. The summed E-state index contributed by atoms with van der Waals surface area (Å²) in [7, 11) is 2.95. The molecule has 0 aromatic heterocycles. The first-order valence-electron chi connectivity index (χ1n) is 8.63. The summed E-state index contributed by atoms with van der Waals surface area (Å²) in [6.07, 6.45) is 3.02. The van der Waals surface area contributed by atoms with Crippen molar-refractivity contribution >= 4 is 5.97 Å². The van der Waals surface area contributed by atoms with E-state index < -0.39 is 5.92 Å². The topological polar surface area (TPSA) is 35.5 Å². The van der Waals surface area contributed by atoms with E-state index in [0.29, 0.717) is 11.2 Å². The number of carbonyl (C=O) groups is 1. The molecule has 134 valence electrons. The van der Waals surface area contributed by atoms with Crippen molar-refractivity contribution in [2.75, 3.05) is 14.2 Å². The van der Waals surface area contributed by atoms with Gasteiger partial charge in [-0.05, 0) is 35.8 Å². The number of esters is 1. The Morgan fingerprint density at radius 1 is 1.12 bits per heavy atom. The molecule has 24 heavy (non-hydrogen) atoms. The lowest BCUT2D eigenvalue weighted by Gasteiger charge is -2.25. The number of hydrogen-bond donors (Lipinski definition) is 0. The molecule has 1 aromatic carbocycles. The highest BCUT2D eigenvalue weighted by Gasteiger charge is 2.32. The Kier molecular flexibility index (Phi) is 7.53. The van der Waals surface area contributed by atoms with E-state index in [4.69, 9.17) is 9.47 Å². The molecule has 3 nitrogen and oxygen atoms in total. The molecule has 2 unspecified atom stereocenters. The van der Waals surface area contributed by atoms with Crippen molar-refractivity contribution < 1.29 is 14.3 Å². The maximum absolute atomic E-state index is 12.2. The van der Waals surface area contributed by atoms with Crippen molar-refractivity contribution in [2.24, 2.45) is 11.3 Å². The fraction of sp³-hybridized carbons (Fsp3) is 0.571. The van der Waals surface area contributed by atoms with Crippen molar-refractivity contribution in [3.05, 3.63) is 47.7 Å². The number of carbonyl (C=O) groups excluding carboxylic acids is 1. The van der Waals surface area contributed by atoms with Crippen LogP contribution in [-0.2, 0) is 20.7 Å². The molecule has 1 aromatic rings. The number of methoxy groups -OCH3 is 2. The van der Waals surface area contributed by atoms with Crippen LogP contribution in [0.25, 0.3) is 0 Å². The van der Waals surface area contributed by atoms with Crippen LogP contribution in [0.15, 0.2) is 36.6 Å². The lowest BCUT2D eigenvalue weighted by molar-refractivity contribution is -0.146. The van der Waals surface area contributed by atoms with Crippen LogP contribution in [0.5, 0.6) is 0 Å². The van der Waals surface area contributed by atoms with Gasteiger partial charge in [0.2, 0.25) is 0 Å². The van der Waals surface area contributed by atoms with Gasteiger partial charge in [-0.3, -0.25) is 4.79 Å². The molecule has 0 amide bonds. The van der Waals surface area contributed by atoms with Crippen LogP contribution in [0.1, 0.15) is 57.6 Å². The summed E-state index contributed by atoms with van der Waals surface area (Å²) < 4.78 is 10.2. The van der Waals surface area contributed by atoms with Crippen molar-refractivity contribution in [2.45, 2.75) is 52.9 Å². The zero-order valence-electron chi connectivity index (χ0n) is 16.0. The fourth-order valence-corrected chi connectivity index (χ4v) is 2.89. The van der Waals surface area contributed by atoms with Crippen LogP contribution in [-0.4, -0.2) is 20.2 Å². The van der Waals surface area contributed by atoms with Gasteiger partial charge in [-0.15, -0.1) is 0 Å². The lowest BCUT2D eigenvalue weighted by Crippen LogP contribution is -2.26. The van der Waals surface area contributed by atoms with E-state index in [1.165, 1.54) is 12.7 Å². The van der Waals surface area contributed by atoms with Crippen molar-refractivity contribution in [3.63, 3.8) is 0 Å². The molecule has 1 rings (SSSR count). The van der Waals surface area contributed by atoms with Crippen LogP contribution >= 0.6 is 0 Å². The summed E-state index contributed by atoms with van der Waals surface area (Å²) in [5.74, 6) is -0.331. The smallest absolute Gasteiger partial charge is 0.316 e. The quantitative estimate of drug-likeness (QED) is 0.490. The predicted octanol–water partition coefficient (Wildman–Crippen LogP) is 5.11. The van der Waals surface area contributed by atoms with Gasteiger partial charge in [0.05, 0.1) is 14.2 Å². The lowest BCUT2D eigenvalue weighted by atomic mass is 9.82. The molecule has 0 bridgehead atoms. The Hall–Kier alpha value is -1.77. The molecule has 3 heteroatoms. The van der Waals surface area contributed by atoms with E-state index in [2.05, 4.69) is 58.5 Å². The van der Waals surface area contributed by atoms with Crippen LogP contribution in [0, 0.1) is 11.3 Å². The Morgan fingerprint density at radius 3 is 2.12 bits per heavy atom. The molecule has 2 atom stereocenters. The molecule has 0 N–H and O–H groups in total. The van der Waals surface area contributed by atoms with Gasteiger partial charge in [0, 0.05) is 5.92 Å². The maximum atomic E-state index is 12.2. The summed E-state index contributed by atoms with van der Waals surface area (Å²) in [6, 6.07) is 8.55. The van der Waals surface area contributed by atoms with Gasteiger partial charge in [0.15, 0.2) is 0 Å². The third kappa shape index (κ3) is 5.70. The highest BCUT2D eigenvalue weighted by atomic mass is 16.5. The minimum Gasteiger partial charge on any atom is -0.501 e. The van der Waals surface area contributed by atoms with Gasteiger partial charge in [0.25, 0.3) is 0 Å². The first-order chi connectivity index (χ1) is 11.2. The Balaban J connectivity index is 2.98. The summed E-state index contributed by atoms with van der Waals surface area (Å²) in [4.78, 5) is 12.2. The summed E-state index contributed by atoms with van der Waals surface area (Å²) >= 11 is 0. The molecule has 0 fully saturated rings. The van der Waals surface area contributed by atoms with E-state index in [1.54, 1.807) is 7.11 Å². The van der Waals surface area contributed by atoms with Crippen LogP contribution in [0.4, 0.5) is 0 Å². The maximum Gasteiger partial charge on any atom is 0.316 e. The first kappa shape index (κ1) is 20.3. The number of hydrogen-bond acceptors (Lipinski definition) is 3. The second-order valence-electron chi connectivity index (χ2n) is 7.49. The zero-order chi connectivity index (χ0) is 18.3. The summed E-state index contributed by atoms with van der Waals surface area (Å²) in [6.45, 7) is 12.7. The third-order valence-electron chi connectivity index (χ3n) is 4.48. The van der Waals surface area contributed by atoms with E-state index in [1.807, 2.05) is 0 Å². The zero-order valence-corrected chi connectivity index (χ0v) is 16.0. The Bertz CT molecular complexity index is 521. The van der Waals surface area contributed by atoms with Crippen molar-refractivity contribution in [1.82, 2.24) is 0 Å². The van der Waals surface area contributed by atoms with Gasteiger partial charge in [0.1, 0.15) is 11.7 Å². The average Bonchev–Trinajstić information content (AvgIpc) is 2.56. The highest BCUT2D eigenvalue weighted by molar-refractivity contribution is 5.76. The minimum absolute atomic E-state index is 0.00145. The standard InChI is InChI=1S/C21H32O3/c1-8-18(19(15(2)23-6)20(22)24-7)17-11-9-16(10-12-17)13-14-21(3,4)5/h9-12,18-19H,2,8,13-14H2,1,3-7H3. The normalized spacial score (nSPS) is 13.9. The highest BCUT2D eigenvalue weighted by Crippen LogP contribution is 2.34. The Morgan fingerprint density at radius 2 is 1.71 bits per heavy atom. The molecule has 0 aliphatic rings. The largest absolute Gasteiger partial charge is 0.501 e. The molecule has 0 aliphatic heterocycles. The summed E-state index contributed by atoms with van der Waals surface area (Å²) in [5, 5.41) is 0. The van der Waals surface area contributed by atoms with Gasteiger partial charge < -0.3 is 9.47 Å². The molecule has 0 heterocycles. The van der Waals surface area contributed by atoms with Crippen molar-refractivity contribution in [1.29, 1.82) is 0 Å². The molecule has 0 saturated heterocycles. The third-order valence-corrected chi connectivity index (χ3v) is 4.48. The molecule has 0 saturated carbocycles. The second-order valence-corrected chi connectivity index (χ2v) is 7.49. The van der Waals surface area contributed by atoms with Gasteiger partial charge >= 0.3 is 5.97 Å². The molecule has 0 spiro atoms. The van der Waals surface area contributed by atoms with Crippen molar-refractivity contribution in [3.8, 4) is 0 Å². The second kappa shape index (κ2) is 8.91.